The molecule has 118 valence electrons. The molecule has 1 saturated carbocycles. The fraction of sp³-hybridized carbons (Fsp3) is 0.824. The van der Waals surface area contributed by atoms with Crippen LogP contribution in [-0.4, -0.2) is 30.7 Å². The highest BCUT2D eigenvalue weighted by Gasteiger charge is 2.35. The second-order valence-corrected chi connectivity index (χ2v) is 7.88. The number of hydrogen-bond donors (Lipinski definition) is 2. The third-order valence-electron chi connectivity index (χ3n) is 5.57. The van der Waals surface area contributed by atoms with Crippen molar-refractivity contribution in [1.29, 1.82) is 0 Å². The zero-order valence-electron chi connectivity index (χ0n) is 13.3. The number of nitrogens with zero attached hydrogens (tertiary/aromatic N) is 1. The summed E-state index contributed by atoms with van der Waals surface area (Å²) in [5.74, 6) is 0. The molecule has 0 unspecified atom stereocenters. The second kappa shape index (κ2) is 7.21. The Morgan fingerprint density at radius 3 is 2.71 bits per heavy atom. The van der Waals surface area contributed by atoms with E-state index in [0.717, 1.165) is 12.6 Å². The SMILES string of the molecule is Cc1ncsc1CCCNC1CCC2(CCNCC2)CC1. The van der Waals surface area contributed by atoms with Crippen LogP contribution in [0.25, 0.3) is 0 Å². The van der Waals surface area contributed by atoms with E-state index in [0.29, 0.717) is 5.41 Å². The van der Waals surface area contributed by atoms with Gasteiger partial charge in [-0.3, -0.25) is 0 Å². The van der Waals surface area contributed by atoms with Gasteiger partial charge in [0.15, 0.2) is 0 Å². The maximum absolute atomic E-state index is 4.33. The first-order valence-electron chi connectivity index (χ1n) is 8.61. The van der Waals surface area contributed by atoms with Gasteiger partial charge in [0.25, 0.3) is 0 Å². The molecule has 0 radical (unpaired) electrons. The van der Waals surface area contributed by atoms with Crippen LogP contribution in [0.1, 0.15) is 55.5 Å². The molecule has 0 aromatic carbocycles. The Labute approximate surface area is 132 Å². The first-order valence-corrected chi connectivity index (χ1v) is 9.48. The lowest BCUT2D eigenvalue weighted by atomic mass is 9.67. The highest BCUT2D eigenvalue weighted by atomic mass is 32.1. The van der Waals surface area contributed by atoms with Crippen LogP contribution in [-0.2, 0) is 6.42 Å². The van der Waals surface area contributed by atoms with Gasteiger partial charge < -0.3 is 10.6 Å². The lowest BCUT2D eigenvalue weighted by molar-refractivity contribution is 0.116. The summed E-state index contributed by atoms with van der Waals surface area (Å²) in [6, 6.07) is 0.771. The Morgan fingerprint density at radius 1 is 1.29 bits per heavy atom. The molecule has 1 aliphatic heterocycles. The van der Waals surface area contributed by atoms with E-state index < -0.39 is 0 Å². The van der Waals surface area contributed by atoms with Crippen LogP contribution in [0.2, 0.25) is 0 Å². The van der Waals surface area contributed by atoms with Crippen molar-refractivity contribution in [3.63, 3.8) is 0 Å². The maximum Gasteiger partial charge on any atom is 0.0797 e. The molecule has 2 fully saturated rings. The summed E-state index contributed by atoms with van der Waals surface area (Å²) >= 11 is 1.81. The van der Waals surface area contributed by atoms with Gasteiger partial charge in [-0.25, -0.2) is 4.98 Å². The molecule has 0 atom stereocenters. The normalized spacial score (nSPS) is 22.7. The van der Waals surface area contributed by atoms with E-state index in [9.17, 15) is 0 Å². The van der Waals surface area contributed by atoms with Gasteiger partial charge in [0.2, 0.25) is 0 Å². The van der Waals surface area contributed by atoms with Crippen molar-refractivity contribution in [1.82, 2.24) is 15.6 Å². The van der Waals surface area contributed by atoms with E-state index >= 15 is 0 Å². The summed E-state index contributed by atoms with van der Waals surface area (Å²) in [5.41, 5.74) is 3.89. The van der Waals surface area contributed by atoms with Crippen molar-refractivity contribution in [2.45, 2.75) is 64.3 Å². The third-order valence-corrected chi connectivity index (χ3v) is 6.56. The number of hydrogen-bond acceptors (Lipinski definition) is 4. The molecule has 3 nitrogen and oxygen atoms in total. The van der Waals surface area contributed by atoms with Crippen LogP contribution in [0.15, 0.2) is 5.51 Å². The number of nitrogens with one attached hydrogen (secondary N) is 2. The molecule has 1 saturated heterocycles. The van der Waals surface area contributed by atoms with Crippen LogP contribution >= 0.6 is 11.3 Å². The van der Waals surface area contributed by atoms with E-state index in [1.54, 1.807) is 11.3 Å². The molecule has 1 aromatic rings. The molecule has 1 aliphatic carbocycles. The highest BCUT2D eigenvalue weighted by Crippen LogP contribution is 2.43. The predicted octanol–water partition coefficient (Wildman–Crippen LogP) is 3.29. The average molecular weight is 308 g/mol. The van der Waals surface area contributed by atoms with Gasteiger partial charge in [-0.15, -0.1) is 11.3 Å². The number of rotatable bonds is 5. The minimum Gasteiger partial charge on any atom is -0.317 e. The Balaban J connectivity index is 1.33. The van der Waals surface area contributed by atoms with Crippen LogP contribution in [0, 0.1) is 12.3 Å². The fourth-order valence-corrected chi connectivity index (χ4v) is 4.84. The molecule has 3 rings (SSSR count). The molecule has 1 spiro atoms. The second-order valence-electron chi connectivity index (χ2n) is 6.94. The summed E-state index contributed by atoms with van der Waals surface area (Å²) in [6.07, 6.45) is 10.9. The highest BCUT2D eigenvalue weighted by molar-refractivity contribution is 7.09. The summed E-state index contributed by atoms with van der Waals surface area (Å²) in [5, 5.41) is 7.30. The van der Waals surface area contributed by atoms with Crippen LogP contribution < -0.4 is 10.6 Å². The van der Waals surface area contributed by atoms with Gasteiger partial charge in [-0.1, -0.05) is 0 Å². The van der Waals surface area contributed by atoms with Crippen molar-refractivity contribution in [2.75, 3.05) is 19.6 Å². The molecule has 4 heteroatoms. The third kappa shape index (κ3) is 4.05. The first-order chi connectivity index (χ1) is 10.3. The summed E-state index contributed by atoms with van der Waals surface area (Å²) in [4.78, 5) is 5.79. The topological polar surface area (TPSA) is 37.0 Å². The van der Waals surface area contributed by atoms with E-state index in [-0.39, 0.29) is 0 Å². The molecule has 1 aromatic heterocycles. The lowest BCUT2D eigenvalue weighted by Gasteiger charge is -2.43. The molecule has 0 bridgehead atoms. The van der Waals surface area contributed by atoms with Gasteiger partial charge in [-0.2, -0.15) is 0 Å². The Kier molecular flexibility index (Phi) is 5.30. The van der Waals surface area contributed by atoms with Crippen molar-refractivity contribution in [3.05, 3.63) is 16.1 Å². The number of aromatic nitrogens is 1. The van der Waals surface area contributed by atoms with Crippen LogP contribution in [0.4, 0.5) is 0 Å². The number of thiazole rings is 1. The van der Waals surface area contributed by atoms with Gasteiger partial charge in [0.05, 0.1) is 11.2 Å². The largest absolute Gasteiger partial charge is 0.317 e. The van der Waals surface area contributed by atoms with Crippen molar-refractivity contribution >= 4 is 11.3 Å². The van der Waals surface area contributed by atoms with Crippen molar-refractivity contribution < 1.29 is 0 Å². The van der Waals surface area contributed by atoms with Crippen molar-refractivity contribution in [3.8, 4) is 0 Å². The van der Waals surface area contributed by atoms with Crippen LogP contribution in [0.5, 0.6) is 0 Å². The molecule has 2 aliphatic rings. The zero-order chi connectivity index (χ0) is 14.5. The maximum atomic E-state index is 4.33. The number of aryl methyl sites for hydroxylation is 2. The fourth-order valence-electron chi connectivity index (χ4n) is 4.01. The molecule has 21 heavy (non-hydrogen) atoms. The van der Waals surface area contributed by atoms with E-state index in [1.165, 1.54) is 75.0 Å². The minimum atomic E-state index is 0.698. The van der Waals surface area contributed by atoms with Crippen LogP contribution in [0.3, 0.4) is 0 Å². The average Bonchev–Trinajstić information content (AvgIpc) is 2.92. The molecular weight excluding hydrogens is 278 g/mol. The predicted molar refractivity (Wildman–Crippen MR) is 90.0 cm³/mol. The van der Waals surface area contributed by atoms with Gasteiger partial charge in [0.1, 0.15) is 0 Å². The van der Waals surface area contributed by atoms with Gasteiger partial charge in [0, 0.05) is 10.9 Å². The zero-order valence-corrected chi connectivity index (χ0v) is 14.1. The van der Waals surface area contributed by atoms with E-state index in [4.69, 9.17) is 0 Å². The lowest BCUT2D eigenvalue weighted by Crippen LogP contribution is -2.43. The van der Waals surface area contributed by atoms with E-state index in [2.05, 4.69) is 22.5 Å². The number of piperidine rings is 1. The summed E-state index contributed by atoms with van der Waals surface area (Å²) in [6.45, 7) is 5.77. The summed E-state index contributed by atoms with van der Waals surface area (Å²) in [7, 11) is 0. The Hall–Kier alpha value is -0.450. The Morgan fingerprint density at radius 2 is 2.05 bits per heavy atom. The smallest absolute Gasteiger partial charge is 0.0797 e. The molecule has 2 N–H and O–H groups in total. The van der Waals surface area contributed by atoms with Crippen molar-refractivity contribution in [2.24, 2.45) is 5.41 Å². The van der Waals surface area contributed by atoms with Gasteiger partial charge >= 0.3 is 0 Å². The Bertz CT molecular complexity index is 427. The van der Waals surface area contributed by atoms with E-state index in [1.807, 2.05) is 5.51 Å². The minimum absolute atomic E-state index is 0.698. The first kappa shape index (κ1) is 15.4. The quantitative estimate of drug-likeness (QED) is 0.820. The monoisotopic (exact) mass is 307 g/mol. The molecular formula is C17H29N3S. The summed E-state index contributed by atoms with van der Waals surface area (Å²) < 4.78 is 0. The molecule has 2 heterocycles. The molecule has 0 amide bonds. The van der Waals surface area contributed by atoms with Gasteiger partial charge in [-0.05, 0) is 83.3 Å². The standard InChI is InChI=1S/C17H29N3S/c1-14-16(21-13-20-14)3-2-10-19-15-4-6-17(7-5-15)8-11-18-12-9-17/h13,15,18-19H,2-12H2,1H3.